The Kier molecular flexibility index (Phi) is 5.43. The van der Waals surface area contributed by atoms with Gasteiger partial charge in [-0.3, -0.25) is 9.00 Å². The second-order valence-electron chi connectivity index (χ2n) is 6.16. The molecule has 27 heavy (non-hydrogen) atoms. The first-order valence-corrected chi connectivity index (χ1v) is 9.49. The second kappa shape index (κ2) is 7.77. The Morgan fingerprint density at radius 1 is 1.11 bits per heavy atom. The van der Waals surface area contributed by atoms with Gasteiger partial charge >= 0.3 is 0 Å². The standard InChI is InChI=1S/C18H19N5O3S/c1-11(2)23-15(24)9-8-13(22-23)17-16(12-6-4-3-5-7-12)21-18(19)14(20-17)10-27(25)26/h3-9,11H,10H2,1-2H3,(H2,19,21)(H,25,26)/p-1. The summed E-state index contributed by atoms with van der Waals surface area (Å²) >= 11 is -2.37. The first-order valence-electron chi connectivity index (χ1n) is 8.24. The number of nitrogen functional groups attached to an aromatic ring is 1. The lowest BCUT2D eigenvalue weighted by Gasteiger charge is -2.15. The lowest BCUT2D eigenvalue weighted by molar-refractivity contribution is 0.504. The summed E-state index contributed by atoms with van der Waals surface area (Å²) in [7, 11) is 0. The second-order valence-corrected chi connectivity index (χ2v) is 7.06. The van der Waals surface area contributed by atoms with Gasteiger partial charge in [-0.25, -0.2) is 14.6 Å². The normalized spacial score (nSPS) is 12.3. The monoisotopic (exact) mass is 384 g/mol. The molecule has 0 amide bonds. The van der Waals surface area contributed by atoms with Crippen molar-refractivity contribution in [3.8, 4) is 22.6 Å². The maximum absolute atomic E-state index is 12.0. The molecule has 2 N–H and O–H groups in total. The van der Waals surface area contributed by atoms with Gasteiger partial charge in [0.15, 0.2) is 0 Å². The predicted octanol–water partition coefficient (Wildman–Crippen LogP) is 1.91. The summed E-state index contributed by atoms with van der Waals surface area (Å²) in [6.45, 7) is 3.69. The van der Waals surface area contributed by atoms with Crippen molar-refractivity contribution in [2.45, 2.75) is 25.6 Å². The van der Waals surface area contributed by atoms with E-state index >= 15 is 0 Å². The molecule has 140 valence electrons. The largest absolute Gasteiger partial charge is 0.772 e. The summed E-state index contributed by atoms with van der Waals surface area (Å²) in [6, 6.07) is 12.1. The molecular formula is C18H18N5O3S-. The van der Waals surface area contributed by atoms with E-state index in [-0.39, 0.29) is 28.9 Å². The third-order valence-electron chi connectivity index (χ3n) is 3.86. The minimum Gasteiger partial charge on any atom is -0.772 e. The van der Waals surface area contributed by atoms with Gasteiger partial charge in [0.05, 0.1) is 17.5 Å². The van der Waals surface area contributed by atoms with Gasteiger partial charge in [-0.1, -0.05) is 30.3 Å². The summed E-state index contributed by atoms with van der Waals surface area (Å²) in [5, 5.41) is 4.38. The summed E-state index contributed by atoms with van der Waals surface area (Å²) in [5.41, 5.74) is 7.84. The summed E-state index contributed by atoms with van der Waals surface area (Å²) in [4.78, 5) is 20.8. The van der Waals surface area contributed by atoms with Crippen LogP contribution in [0.1, 0.15) is 25.6 Å². The van der Waals surface area contributed by atoms with Crippen molar-refractivity contribution in [2.24, 2.45) is 0 Å². The van der Waals surface area contributed by atoms with E-state index in [0.29, 0.717) is 17.1 Å². The molecule has 0 aliphatic carbocycles. The SMILES string of the molecule is CC(C)n1nc(-c2nc(CS(=O)[O-])c(N)nc2-c2ccccc2)ccc1=O. The maximum Gasteiger partial charge on any atom is 0.267 e. The Balaban J connectivity index is 2.27. The van der Waals surface area contributed by atoms with Crippen LogP contribution in [-0.2, 0) is 16.8 Å². The Morgan fingerprint density at radius 3 is 2.44 bits per heavy atom. The number of benzene rings is 1. The minimum atomic E-state index is -2.37. The molecule has 0 bridgehead atoms. The Bertz CT molecular complexity index is 1050. The van der Waals surface area contributed by atoms with E-state index in [1.54, 1.807) is 6.07 Å². The zero-order chi connectivity index (χ0) is 19.6. The maximum atomic E-state index is 12.0. The highest BCUT2D eigenvalue weighted by Crippen LogP contribution is 2.29. The molecule has 0 fully saturated rings. The molecule has 0 saturated carbocycles. The van der Waals surface area contributed by atoms with Gasteiger partial charge in [-0.2, -0.15) is 5.10 Å². The smallest absolute Gasteiger partial charge is 0.267 e. The lowest BCUT2D eigenvalue weighted by atomic mass is 10.1. The molecule has 8 nitrogen and oxygen atoms in total. The van der Waals surface area contributed by atoms with Crippen molar-refractivity contribution < 1.29 is 8.76 Å². The highest BCUT2D eigenvalue weighted by molar-refractivity contribution is 7.78. The van der Waals surface area contributed by atoms with Gasteiger partial charge in [0.2, 0.25) is 0 Å². The third-order valence-corrected chi connectivity index (χ3v) is 4.37. The van der Waals surface area contributed by atoms with Gasteiger partial charge in [0, 0.05) is 11.6 Å². The van der Waals surface area contributed by atoms with Crippen molar-refractivity contribution in [1.82, 2.24) is 19.7 Å². The quantitative estimate of drug-likeness (QED) is 0.666. The van der Waals surface area contributed by atoms with Crippen molar-refractivity contribution in [1.29, 1.82) is 0 Å². The fourth-order valence-electron chi connectivity index (χ4n) is 2.60. The molecule has 9 heteroatoms. The van der Waals surface area contributed by atoms with E-state index in [9.17, 15) is 13.6 Å². The van der Waals surface area contributed by atoms with Crippen LogP contribution >= 0.6 is 0 Å². The number of nitrogens with two attached hydrogens (primary N) is 1. The first-order chi connectivity index (χ1) is 12.9. The molecule has 1 unspecified atom stereocenters. The number of nitrogens with zero attached hydrogens (tertiary/aromatic N) is 4. The molecule has 3 rings (SSSR count). The van der Waals surface area contributed by atoms with Crippen molar-refractivity contribution in [3.63, 3.8) is 0 Å². The van der Waals surface area contributed by atoms with E-state index < -0.39 is 11.1 Å². The fourth-order valence-corrected chi connectivity index (χ4v) is 3.03. The van der Waals surface area contributed by atoms with Crippen LogP contribution in [0.5, 0.6) is 0 Å². The van der Waals surface area contributed by atoms with Crippen LogP contribution in [0.15, 0.2) is 47.3 Å². The average Bonchev–Trinajstić information content (AvgIpc) is 2.64. The van der Waals surface area contributed by atoms with Crippen molar-refractivity contribution >= 4 is 16.9 Å². The van der Waals surface area contributed by atoms with Crippen LogP contribution in [0.25, 0.3) is 22.6 Å². The molecule has 1 aromatic carbocycles. The van der Waals surface area contributed by atoms with Crippen LogP contribution in [0.4, 0.5) is 5.82 Å². The number of rotatable bonds is 5. The Morgan fingerprint density at radius 2 is 1.81 bits per heavy atom. The van der Waals surface area contributed by atoms with E-state index in [4.69, 9.17) is 5.73 Å². The molecule has 2 aromatic heterocycles. The van der Waals surface area contributed by atoms with Gasteiger partial charge in [0.1, 0.15) is 22.9 Å². The zero-order valence-electron chi connectivity index (χ0n) is 14.8. The molecule has 0 saturated heterocycles. The molecule has 0 aliphatic rings. The number of aromatic nitrogens is 4. The molecule has 0 spiro atoms. The Hall–Kier alpha value is -2.91. The van der Waals surface area contributed by atoms with Crippen molar-refractivity contribution in [2.75, 3.05) is 5.73 Å². The number of hydrogen-bond acceptors (Lipinski definition) is 7. The van der Waals surface area contributed by atoms with Gasteiger partial charge in [-0.05, 0) is 31.0 Å². The Labute approximate surface area is 158 Å². The van der Waals surface area contributed by atoms with Crippen LogP contribution < -0.4 is 11.3 Å². The minimum absolute atomic E-state index is 0.0407. The predicted molar refractivity (Wildman–Crippen MR) is 102 cm³/mol. The van der Waals surface area contributed by atoms with Crippen LogP contribution in [-0.4, -0.2) is 28.5 Å². The number of anilines is 1. The topological polar surface area (TPSA) is 127 Å². The molecule has 1 atom stereocenters. The lowest BCUT2D eigenvalue weighted by Crippen LogP contribution is -2.24. The fraction of sp³-hybridized carbons (Fsp3) is 0.222. The van der Waals surface area contributed by atoms with Crippen LogP contribution in [0.3, 0.4) is 0 Å². The van der Waals surface area contributed by atoms with Crippen LogP contribution in [0, 0.1) is 0 Å². The van der Waals surface area contributed by atoms with Gasteiger partial charge in [0.25, 0.3) is 5.56 Å². The third kappa shape index (κ3) is 4.09. The highest BCUT2D eigenvalue weighted by atomic mass is 32.2. The molecule has 3 aromatic rings. The molecule has 0 aliphatic heterocycles. The van der Waals surface area contributed by atoms with Crippen molar-refractivity contribution in [3.05, 3.63) is 58.5 Å². The molecule has 2 heterocycles. The van der Waals surface area contributed by atoms with E-state index in [0.717, 1.165) is 5.56 Å². The molecule has 0 radical (unpaired) electrons. The van der Waals surface area contributed by atoms with Gasteiger partial charge in [-0.15, -0.1) is 0 Å². The van der Waals surface area contributed by atoms with Gasteiger partial charge < -0.3 is 10.3 Å². The zero-order valence-corrected chi connectivity index (χ0v) is 15.6. The van der Waals surface area contributed by atoms with E-state index in [1.807, 2.05) is 44.2 Å². The molecular weight excluding hydrogens is 366 g/mol. The van der Waals surface area contributed by atoms with E-state index in [2.05, 4.69) is 15.1 Å². The van der Waals surface area contributed by atoms with Crippen LogP contribution in [0.2, 0.25) is 0 Å². The summed E-state index contributed by atoms with van der Waals surface area (Å²) in [5.74, 6) is -0.316. The highest BCUT2D eigenvalue weighted by Gasteiger charge is 2.18. The summed E-state index contributed by atoms with van der Waals surface area (Å²) < 4.78 is 23.6. The average molecular weight is 384 g/mol. The number of hydrogen-bond donors (Lipinski definition) is 1. The first kappa shape index (κ1) is 18.9. The van der Waals surface area contributed by atoms with E-state index in [1.165, 1.54) is 10.7 Å². The summed E-state index contributed by atoms with van der Waals surface area (Å²) in [6.07, 6.45) is 0.